The zero-order valence-electron chi connectivity index (χ0n) is 6.04. The molecule has 0 aliphatic carbocycles. The molecule has 0 heterocycles. The van der Waals surface area contributed by atoms with Gasteiger partial charge in [-0.2, -0.15) is 0 Å². The number of carbonyl (C=O) groups excluding carboxylic acids is 1. The molecule has 0 aliphatic heterocycles. The third-order valence-corrected chi connectivity index (χ3v) is 0.907. The van der Waals surface area contributed by atoms with Gasteiger partial charge >= 0.3 is 5.97 Å². The predicted octanol–water partition coefficient (Wildman–Crippen LogP) is 0.486. The van der Waals surface area contributed by atoms with Gasteiger partial charge in [-0.3, -0.25) is 0 Å². The second kappa shape index (κ2) is 4.99. The van der Waals surface area contributed by atoms with E-state index in [4.69, 9.17) is 5.11 Å². The van der Waals surface area contributed by atoms with Crippen molar-refractivity contribution in [3.63, 3.8) is 0 Å². The van der Waals surface area contributed by atoms with E-state index >= 15 is 0 Å². The Morgan fingerprint density at radius 3 is 2.90 bits per heavy atom. The van der Waals surface area contributed by atoms with Crippen molar-refractivity contribution in [2.24, 2.45) is 0 Å². The smallest absolute Gasteiger partial charge is 0.334 e. The van der Waals surface area contributed by atoms with Crippen LogP contribution in [-0.4, -0.2) is 23.8 Å². The highest BCUT2D eigenvalue weighted by Gasteiger charge is 2.08. The SMILES string of the molecule is C=CCCOC(=O)C(C)O. The van der Waals surface area contributed by atoms with Gasteiger partial charge in [0.15, 0.2) is 0 Å². The third kappa shape index (κ3) is 4.09. The summed E-state index contributed by atoms with van der Waals surface area (Å²) in [6.45, 7) is 5.12. The molecule has 0 aromatic heterocycles. The molecular weight excluding hydrogens is 132 g/mol. The number of rotatable bonds is 4. The van der Waals surface area contributed by atoms with Crippen molar-refractivity contribution in [1.29, 1.82) is 0 Å². The van der Waals surface area contributed by atoms with Crippen LogP contribution >= 0.6 is 0 Å². The first kappa shape index (κ1) is 9.17. The summed E-state index contributed by atoms with van der Waals surface area (Å²) in [5.74, 6) is -0.582. The summed E-state index contributed by atoms with van der Waals surface area (Å²) in [4.78, 5) is 10.5. The van der Waals surface area contributed by atoms with Gasteiger partial charge in [0, 0.05) is 0 Å². The van der Waals surface area contributed by atoms with Crippen molar-refractivity contribution < 1.29 is 14.6 Å². The van der Waals surface area contributed by atoms with Crippen LogP contribution in [0.15, 0.2) is 12.7 Å². The molecule has 10 heavy (non-hydrogen) atoms. The second-order valence-corrected chi connectivity index (χ2v) is 1.92. The van der Waals surface area contributed by atoms with Gasteiger partial charge < -0.3 is 9.84 Å². The fourth-order valence-electron chi connectivity index (χ4n) is 0.363. The number of aliphatic hydroxyl groups is 1. The first-order valence-electron chi connectivity index (χ1n) is 3.14. The van der Waals surface area contributed by atoms with Crippen LogP contribution in [0, 0.1) is 0 Å². The third-order valence-electron chi connectivity index (χ3n) is 0.907. The molecule has 0 spiro atoms. The molecule has 1 unspecified atom stereocenters. The summed E-state index contributed by atoms with van der Waals surface area (Å²) in [7, 11) is 0. The lowest BCUT2D eigenvalue weighted by Crippen LogP contribution is -2.19. The van der Waals surface area contributed by atoms with Crippen LogP contribution in [0.3, 0.4) is 0 Å². The van der Waals surface area contributed by atoms with Crippen LogP contribution in [0.2, 0.25) is 0 Å². The summed E-state index contributed by atoms with van der Waals surface area (Å²) >= 11 is 0. The molecule has 58 valence electrons. The normalized spacial score (nSPS) is 12.2. The van der Waals surface area contributed by atoms with E-state index in [2.05, 4.69) is 11.3 Å². The summed E-state index contributed by atoms with van der Waals surface area (Å²) < 4.78 is 4.58. The van der Waals surface area contributed by atoms with Gasteiger partial charge in [-0.1, -0.05) is 6.08 Å². The van der Waals surface area contributed by atoms with E-state index in [1.54, 1.807) is 6.08 Å². The average Bonchev–Trinajstić information content (AvgIpc) is 1.88. The summed E-state index contributed by atoms with van der Waals surface area (Å²) in [5, 5.41) is 8.62. The highest BCUT2D eigenvalue weighted by atomic mass is 16.5. The first-order chi connectivity index (χ1) is 4.68. The van der Waals surface area contributed by atoms with Gasteiger partial charge in [0.1, 0.15) is 6.10 Å². The quantitative estimate of drug-likeness (QED) is 0.355. The van der Waals surface area contributed by atoms with Crippen LogP contribution in [-0.2, 0) is 9.53 Å². The Kier molecular flexibility index (Phi) is 4.58. The Morgan fingerprint density at radius 2 is 2.50 bits per heavy atom. The van der Waals surface area contributed by atoms with E-state index in [1.807, 2.05) is 0 Å². The van der Waals surface area contributed by atoms with Crippen molar-refractivity contribution in [2.45, 2.75) is 19.4 Å². The number of aliphatic hydroxyl groups excluding tert-OH is 1. The summed E-state index contributed by atoms with van der Waals surface area (Å²) in [6.07, 6.45) is 1.25. The summed E-state index contributed by atoms with van der Waals surface area (Å²) in [6, 6.07) is 0. The Labute approximate surface area is 60.3 Å². The predicted molar refractivity (Wildman–Crippen MR) is 37.5 cm³/mol. The van der Waals surface area contributed by atoms with Crippen molar-refractivity contribution in [3.05, 3.63) is 12.7 Å². The summed E-state index contributed by atoms with van der Waals surface area (Å²) in [5.41, 5.74) is 0. The average molecular weight is 144 g/mol. The maximum Gasteiger partial charge on any atom is 0.334 e. The minimum absolute atomic E-state index is 0.299. The number of hydrogen-bond donors (Lipinski definition) is 1. The Hall–Kier alpha value is -0.830. The van der Waals surface area contributed by atoms with Crippen LogP contribution in [0.1, 0.15) is 13.3 Å². The number of esters is 1. The molecule has 3 nitrogen and oxygen atoms in total. The van der Waals surface area contributed by atoms with Gasteiger partial charge in [-0.15, -0.1) is 6.58 Å². The van der Waals surface area contributed by atoms with E-state index in [-0.39, 0.29) is 0 Å². The molecule has 1 N–H and O–H groups in total. The lowest BCUT2D eigenvalue weighted by Gasteiger charge is -2.03. The molecule has 0 radical (unpaired) electrons. The Morgan fingerprint density at radius 1 is 1.90 bits per heavy atom. The second-order valence-electron chi connectivity index (χ2n) is 1.92. The Bertz CT molecular complexity index is 118. The van der Waals surface area contributed by atoms with Crippen LogP contribution in [0.5, 0.6) is 0 Å². The van der Waals surface area contributed by atoms with Crippen molar-refractivity contribution >= 4 is 5.97 Å². The standard InChI is InChI=1S/C7H12O3/c1-3-4-5-10-7(9)6(2)8/h3,6,8H,1,4-5H2,2H3. The van der Waals surface area contributed by atoms with Crippen molar-refractivity contribution in [3.8, 4) is 0 Å². The lowest BCUT2D eigenvalue weighted by molar-refractivity contribution is -0.152. The largest absolute Gasteiger partial charge is 0.463 e. The monoisotopic (exact) mass is 144 g/mol. The lowest BCUT2D eigenvalue weighted by atomic mass is 10.4. The maximum absolute atomic E-state index is 10.5. The molecule has 3 heteroatoms. The van der Waals surface area contributed by atoms with Crippen molar-refractivity contribution in [2.75, 3.05) is 6.61 Å². The Balaban J connectivity index is 3.30. The van der Waals surface area contributed by atoms with Gasteiger partial charge in [0.25, 0.3) is 0 Å². The zero-order valence-corrected chi connectivity index (χ0v) is 6.04. The number of carbonyl (C=O) groups is 1. The minimum atomic E-state index is -1.02. The van der Waals surface area contributed by atoms with Crippen molar-refractivity contribution in [1.82, 2.24) is 0 Å². The molecule has 0 amide bonds. The molecule has 0 rings (SSSR count). The molecule has 0 aromatic carbocycles. The highest BCUT2D eigenvalue weighted by molar-refractivity contribution is 5.73. The van der Waals surface area contributed by atoms with Gasteiger partial charge in [-0.25, -0.2) is 4.79 Å². The molecule has 0 saturated heterocycles. The molecular formula is C7H12O3. The fourth-order valence-corrected chi connectivity index (χ4v) is 0.363. The maximum atomic E-state index is 10.5. The molecule has 0 fully saturated rings. The van der Waals surface area contributed by atoms with Gasteiger partial charge in [0.2, 0.25) is 0 Å². The topological polar surface area (TPSA) is 46.5 Å². The van der Waals surface area contributed by atoms with Gasteiger partial charge in [-0.05, 0) is 13.3 Å². The minimum Gasteiger partial charge on any atom is -0.463 e. The molecule has 0 aliphatic rings. The van der Waals surface area contributed by atoms with E-state index in [9.17, 15) is 4.79 Å². The molecule has 1 atom stereocenters. The number of hydrogen-bond acceptors (Lipinski definition) is 3. The molecule has 0 saturated carbocycles. The highest BCUT2D eigenvalue weighted by Crippen LogP contribution is 1.88. The first-order valence-corrected chi connectivity index (χ1v) is 3.14. The van der Waals surface area contributed by atoms with Crippen LogP contribution < -0.4 is 0 Å². The zero-order chi connectivity index (χ0) is 7.98. The van der Waals surface area contributed by atoms with E-state index < -0.39 is 12.1 Å². The fraction of sp³-hybridized carbons (Fsp3) is 0.571. The van der Waals surface area contributed by atoms with Gasteiger partial charge in [0.05, 0.1) is 6.61 Å². The van der Waals surface area contributed by atoms with Crippen LogP contribution in [0.4, 0.5) is 0 Å². The molecule has 0 bridgehead atoms. The van der Waals surface area contributed by atoms with E-state index in [0.29, 0.717) is 13.0 Å². The number of ether oxygens (including phenoxy) is 1. The van der Waals surface area contributed by atoms with E-state index in [1.165, 1.54) is 6.92 Å². The molecule has 0 aromatic rings. The van der Waals surface area contributed by atoms with E-state index in [0.717, 1.165) is 0 Å². The van der Waals surface area contributed by atoms with Crippen LogP contribution in [0.25, 0.3) is 0 Å².